The maximum Gasteiger partial charge on any atom is 0.340 e. The first-order valence-corrected chi connectivity index (χ1v) is 8.28. The summed E-state index contributed by atoms with van der Waals surface area (Å²) < 4.78 is 5.16. The number of benzene rings is 1. The van der Waals surface area contributed by atoms with Crippen molar-refractivity contribution in [1.82, 2.24) is 9.97 Å². The molecule has 0 atom stereocenters. The molecule has 0 saturated carbocycles. The number of nitrogens with zero attached hydrogens (tertiary/aromatic N) is 2. The largest absolute Gasteiger partial charge is 0.452 e. The highest BCUT2D eigenvalue weighted by atomic mass is 35.5. The fourth-order valence-electron chi connectivity index (χ4n) is 2.70. The van der Waals surface area contributed by atoms with E-state index in [0.29, 0.717) is 16.9 Å². The van der Waals surface area contributed by atoms with Gasteiger partial charge < -0.3 is 10.1 Å². The molecule has 0 spiro atoms. The Morgan fingerprint density at radius 3 is 2.69 bits per heavy atom. The molecule has 0 fully saturated rings. The van der Waals surface area contributed by atoms with Crippen molar-refractivity contribution in [3.63, 3.8) is 0 Å². The van der Waals surface area contributed by atoms with Gasteiger partial charge in [-0.1, -0.05) is 29.8 Å². The second-order valence-corrected chi connectivity index (χ2v) is 6.04. The summed E-state index contributed by atoms with van der Waals surface area (Å²) in [5.41, 5.74) is 2.87. The molecule has 2 heterocycles. The molecule has 3 aromatic rings. The number of anilines is 1. The monoisotopic (exact) mass is 369 g/mol. The van der Waals surface area contributed by atoms with Crippen molar-refractivity contribution >= 4 is 40.1 Å². The molecular weight excluding hydrogens is 354 g/mol. The van der Waals surface area contributed by atoms with Crippen molar-refractivity contribution in [3.05, 3.63) is 64.6 Å². The van der Waals surface area contributed by atoms with Gasteiger partial charge in [0.05, 0.1) is 22.5 Å². The molecule has 3 rings (SSSR count). The lowest BCUT2D eigenvalue weighted by Gasteiger charge is -2.12. The van der Waals surface area contributed by atoms with Gasteiger partial charge in [0.25, 0.3) is 5.91 Å². The number of nitrogens with one attached hydrogen (secondary N) is 1. The number of carbonyl (C=O) groups excluding carboxylic acids is 2. The number of halogens is 1. The van der Waals surface area contributed by atoms with Gasteiger partial charge in [-0.2, -0.15) is 0 Å². The van der Waals surface area contributed by atoms with Crippen LogP contribution in [0.25, 0.3) is 10.9 Å². The van der Waals surface area contributed by atoms with E-state index in [4.69, 9.17) is 16.3 Å². The topological polar surface area (TPSA) is 81.2 Å². The van der Waals surface area contributed by atoms with E-state index in [1.807, 2.05) is 31.2 Å². The minimum absolute atomic E-state index is 0.164. The van der Waals surface area contributed by atoms with Gasteiger partial charge >= 0.3 is 5.97 Å². The van der Waals surface area contributed by atoms with Gasteiger partial charge in [0.2, 0.25) is 0 Å². The highest BCUT2D eigenvalue weighted by Crippen LogP contribution is 2.23. The third-order valence-electron chi connectivity index (χ3n) is 3.90. The molecule has 0 bridgehead atoms. The van der Waals surface area contributed by atoms with E-state index in [1.54, 1.807) is 19.1 Å². The second kappa shape index (κ2) is 7.49. The fraction of sp³-hybridized carbons (Fsp3) is 0.158. The standard InChI is InChI=1S/C19H16ClN3O3/c1-11-13-6-3-4-7-14(13)22-12(2)17(11)19(25)26-10-16(24)23-15-8-5-9-21-18(15)20/h3-9H,10H2,1-2H3,(H,23,24). The van der Waals surface area contributed by atoms with Crippen molar-refractivity contribution < 1.29 is 14.3 Å². The van der Waals surface area contributed by atoms with Crippen molar-refractivity contribution in [3.8, 4) is 0 Å². The first kappa shape index (κ1) is 17.8. The van der Waals surface area contributed by atoms with Crippen LogP contribution in [0.2, 0.25) is 5.15 Å². The number of aromatic nitrogens is 2. The van der Waals surface area contributed by atoms with E-state index < -0.39 is 18.5 Å². The number of fused-ring (bicyclic) bond motifs is 1. The maximum absolute atomic E-state index is 12.5. The second-order valence-electron chi connectivity index (χ2n) is 5.68. The smallest absolute Gasteiger partial charge is 0.340 e. The van der Waals surface area contributed by atoms with Crippen molar-refractivity contribution in [2.75, 3.05) is 11.9 Å². The van der Waals surface area contributed by atoms with Crippen LogP contribution in [-0.4, -0.2) is 28.5 Å². The Balaban J connectivity index is 1.73. The molecule has 26 heavy (non-hydrogen) atoms. The van der Waals surface area contributed by atoms with Crippen LogP contribution in [0.1, 0.15) is 21.6 Å². The summed E-state index contributed by atoms with van der Waals surface area (Å²) in [5, 5.41) is 3.59. The van der Waals surface area contributed by atoms with Gasteiger partial charge in [-0.3, -0.25) is 9.78 Å². The Hall–Kier alpha value is -2.99. The number of hydrogen-bond donors (Lipinski definition) is 1. The van der Waals surface area contributed by atoms with Crippen LogP contribution >= 0.6 is 11.6 Å². The molecule has 7 heteroatoms. The van der Waals surface area contributed by atoms with Gasteiger partial charge in [0, 0.05) is 11.6 Å². The van der Waals surface area contributed by atoms with Crippen LogP contribution in [0.4, 0.5) is 5.69 Å². The number of carbonyl (C=O) groups is 2. The normalized spacial score (nSPS) is 10.6. The van der Waals surface area contributed by atoms with Crippen LogP contribution in [0.15, 0.2) is 42.6 Å². The first-order chi connectivity index (χ1) is 12.5. The first-order valence-electron chi connectivity index (χ1n) is 7.91. The fourth-order valence-corrected chi connectivity index (χ4v) is 2.87. The zero-order valence-electron chi connectivity index (χ0n) is 14.2. The lowest BCUT2D eigenvalue weighted by Crippen LogP contribution is -2.22. The molecular formula is C19H16ClN3O3. The maximum atomic E-state index is 12.5. The highest BCUT2D eigenvalue weighted by molar-refractivity contribution is 6.32. The van der Waals surface area contributed by atoms with E-state index in [1.165, 1.54) is 6.20 Å². The summed E-state index contributed by atoms with van der Waals surface area (Å²) in [6.07, 6.45) is 1.51. The Labute approximate surface area is 155 Å². The van der Waals surface area contributed by atoms with E-state index in [9.17, 15) is 9.59 Å². The molecule has 0 saturated heterocycles. The van der Waals surface area contributed by atoms with Crippen molar-refractivity contribution in [1.29, 1.82) is 0 Å². The van der Waals surface area contributed by atoms with Crippen molar-refractivity contribution in [2.45, 2.75) is 13.8 Å². The van der Waals surface area contributed by atoms with Crippen LogP contribution in [0, 0.1) is 13.8 Å². The highest BCUT2D eigenvalue weighted by Gasteiger charge is 2.19. The number of ether oxygens (including phenoxy) is 1. The molecule has 132 valence electrons. The number of para-hydroxylation sites is 1. The van der Waals surface area contributed by atoms with Crippen LogP contribution in [0.3, 0.4) is 0 Å². The summed E-state index contributed by atoms with van der Waals surface area (Å²) in [5.74, 6) is -1.09. The van der Waals surface area contributed by atoms with E-state index >= 15 is 0 Å². The minimum atomic E-state index is -0.592. The number of aryl methyl sites for hydroxylation is 2. The Morgan fingerprint density at radius 2 is 1.92 bits per heavy atom. The Kier molecular flexibility index (Phi) is 5.14. The number of rotatable bonds is 4. The average molecular weight is 370 g/mol. The zero-order valence-corrected chi connectivity index (χ0v) is 15.0. The quantitative estimate of drug-likeness (QED) is 0.560. The zero-order chi connectivity index (χ0) is 18.7. The molecule has 0 unspecified atom stereocenters. The van der Waals surface area contributed by atoms with Crippen LogP contribution in [0.5, 0.6) is 0 Å². The Morgan fingerprint density at radius 1 is 1.15 bits per heavy atom. The summed E-state index contributed by atoms with van der Waals surface area (Å²) in [7, 11) is 0. The van der Waals surface area contributed by atoms with E-state index in [0.717, 1.165) is 16.5 Å². The van der Waals surface area contributed by atoms with Crippen LogP contribution < -0.4 is 5.32 Å². The van der Waals surface area contributed by atoms with Gasteiger partial charge in [0.1, 0.15) is 0 Å². The SMILES string of the molecule is Cc1nc2ccccc2c(C)c1C(=O)OCC(=O)Nc1cccnc1Cl. The third-order valence-corrected chi connectivity index (χ3v) is 4.21. The molecule has 6 nitrogen and oxygen atoms in total. The molecule has 2 aromatic heterocycles. The summed E-state index contributed by atoms with van der Waals surface area (Å²) >= 11 is 5.88. The molecule has 0 radical (unpaired) electrons. The number of amides is 1. The van der Waals surface area contributed by atoms with Crippen LogP contribution in [-0.2, 0) is 9.53 Å². The van der Waals surface area contributed by atoms with Gasteiger partial charge in [-0.25, -0.2) is 9.78 Å². The lowest BCUT2D eigenvalue weighted by molar-refractivity contribution is -0.119. The summed E-state index contributed by atoms with van der Waals surface area (Å²) in [4.78, 5) is 32.8. The predicted octanol–water partition coefficient (Wildman–Crippen LogP) is 3.70. The third kappa shape index (κ3) is 3.65. The number of esters is 1. The summed E-state index contributed by atoms with van der Waals surface area (Å²) in [6, 6.07) is 10.8. The Bertz CT molecular complexity index is 1000. The molecule has 1 aromatic carbocycles. The predicted molar refractivity (Wildman–Crippen MR) is 99.4 cm³/mol. The van der Waals surface area contributed by atoms with Gasteiger partial charge in [-0.05, 0) is 37.6 Å². The molecule has 1 N–H and O–H groups in total. The molecule has 1 amide bonds. The van der Waals surface area contributed by atoms with Gasteiger partial charge in [-0.15, -0.1) is 0 Å². The molecule has 0 aliphatic rings. The van der Waals surface area contributed by atoms with E-state index in [-0.39, 0.29) is 5.15 Å². The number of pyridine rings is 2. The van der Waals surface area contributed by atoms with Gasteiger partial charge in [0.15, 0.2) is 11.8 Å². The minimum Gasteiger partial charge on any atom is -0.452 e. The lowest BCUT2D eigenvalue weighted by atomic mass is 10.0. The van der Waals surface area contributed by atoms with E-state index in [2.05, 4.69) is 15.3 Å². The molecule has 0 aliphatic carbocycles. The number of hydrogen-bond acceptors (Lipinski definition) is 5. The van der Waals surface area contributed by atoms with Crippen molar-refractivity contribution in [2.24, 2.45) is 0 Å². The molecule has 0 aliphatic heterocycles. The average Bonchev–Trinajstić information content (AvgIpc) is 2.62. The summed E-state index contributed by atoms with van der Waals surface area (Å²) in [6.45, 7) is 3.14.